The van der Waals surface area contributed by atoms with Crippen LogP contribution in [-0.4, -0.2) is 23.9 Å². The fourth-order valence-corrected chi connectivity index (χ4v) is 3.17. The number of methoxy groups -OCH3 is 2. The summed E-state index contributed by atoms with van der Waals surface area (Å²) in [5, 5.41) is 0.558. The van der Waals surface area contributed by atoms with E-state index in [2.05, 4.69) is 5.43 Å². The number of para-hydroxylation sites is 1. The molecular weight excluding hydrogens is 366 g/mol. The average Bonchev–Trinajstić information content (AvgIpc) is 2.78. The van der Waals surface area contributed by atoms with Gasteiger partial charge in [-0.15, -0.1) is 0 Å². The van der Waals surface area contributed by atoms with E-state index in [-0.39, 0.29) is 5.56 Å². The second-order valence-electron chi connectivity index (χ2n) is 6.51. The highest BCUT2D eigenvalue weighted by Gasteiger charge is 2.13. The quantitative estimate of drug-likeness (QED) is 0.545. The Morgan fingerprint density at radius 3 is 2.41 bits per heavy atom. The summed E-state index contributed by atoms with van der Waals surface area (Å²) in [5.41, 5.74) is 5.53. The number of hydrogen-bond donors (Lipinski definition) is 1. The van der Waals surface area contributed by atoms with Crippen molar-refractivity contribution in [1.29, 1.82) is 0 Å². The van der Waals surface area contributed by atoms with Gasteiger partial charge in [-0.2, -0.15) is 0 Å². The van der Waals surface area contributed by atoms with Crippen LogP contribution in [0.3, 0.4) is 0 Å². The molecule has 0 aliphatic carbocycles. The molecule has 4 aromatic rings. The van der Waals surface area contributed by atoms with E-state index in [1.807, 2.05) is 66.7 Å². The first-order valence-electron chi connectivity index (χ1n) is 9.22. The van der Waals surface area contributed by atoms with E-state index in [0.717, 1.165) is 22.6 Å². The first kappa shape index (κ1) is 18.6. The molecule has 6 heteroatoms. The molecule has 0 saturated carbocycles. The van der Waals surface area contributed by atoms with Crippen LogP contribution in [-0.2, 0) is 6.54 Å². The van der Waals surface area contributed by atoms with E-state index in [1.54, 1.807) is 20.3 Å². The Labute approximate surface area is 168 Å². The van der Waals surface area contributed by atoms with Crippen molar-refractivity contribution in [2.45, 2.75) is 6.54 Å². The molecule has 1 heterocycles. The van der Waals surface area contributed by atoms with E-state index >= 15 is 0 Å². The molecule has 1 aromatic heterocycles. The number of nitrogens with one attached hydrogen (secondary N) is 1. The Morgan fingerprint density at radius 2 is 1.66 bits per heavy atom. The van der Waals surface area contributed by atoms with Crippen LogP contribution in [0.5, 0.6) is 11.5 Å². The molecule has 0 amide bonds. The van der Waals surface area contributed by atoms with Gasteiger partial charge in [-0.05, 0) is 54.1 Å². The summed E-state index contributed by atoms with van der Waals surface area (Å²) < 4.78 is 12.0. The molecule has 0 unspecified atom stereocenters. The second kappa shape index (κ2) is 8.06. The maximum Gasteiger partial charge on any atom is 0.280 e. The lowest BCUT2D eigenvalue weighted by Crippen LogP contribution is -2.31. The summed E-state index contributed by atoms with van der Waals surface area (Å²) in [7, 11) is 3.25. The SMILES string of the molecule is COc1ccc(-c2nc3ccccc3c(=O)n2NCc2cccc(OC)c2)cc1. The van der Waals surface area contributed by atoms with E-state index in [1.165, 1.54) is 4.68 Å². The van der Waals surface area contributed by atoms with Gasteiger partial charge in [0.15, 0.2) is 5.82 Å². The third-order valence-corrected chi connectivity index (χ3v) is 4.70. The van der Waals surface area contributed by atoms with Crippen LogP contribution in [0.1, 0.15) is 5.56 Å². The van der Waals surface area contributed by atoms with Crippen molar-refractivity contribution < 1.29 is 9.47 Å². The molecular formula is C23H21N3O3. The van der Waals surface area contributed by atoms with Gasteiger partial charge >= 0.3 is 0 Å². The minimum absolute atomic E-state index is 0.149. The molecule has 146 valence electrons. The molecule has 0 aliphatic heterocycles. The fourth-order valence-electron chi connectivity index (χ4n) is 3.17. The second-order valence-corrected chi connectivity index (χ2v) is 6.51. The number of ether oxygens (including phenoxy) is 2. The Balaban J connectivity index is 1.79. The van der Waals surface area contributed by atoms with Crippen LogP contribution in [0.15, 0.2) is 77.6 Å². The van der Waals surface area contributed by atoms with Gasteiger partial charge < -0.3 is 14.9 Å². The highest BCUT2D eigenvalue weighted by atomic mass is 16.5. The first-order valence-corrected chi connectivity index (χ1v) is 9.22. The monoisotopic (exact) mass is 387 g/mol. The van der Waals surface area contributed by atoms with Gasteiger partial charge in [-0.1, -0.05) is 24.3 Å². The van der Waals surface area contributed by atoms with Gasteiger partial charge in [0.2, 0.25) is 0 Å². The normalized spacial score (nSPS) is 10.7. The smallest absolute Gasteiger partial charge is 0.280 e. The molecule has 0 bridgehead atoms. The van der Waals surface area contributed by atoms with E-state index in [4.69, 9.17) is 14.5 Å². The van der Waals surface area contributed by atoms with Crippen molar-refractivity contribution in [2.75, 3.05) is 19.6 Å². The molecule has 4 rings (SSSR count). The number of hydrogen-bond acceptors (Lipinski definition) is 5. The Kier molecular flexibility index (Phi) is 5.16. The number of fused-ring (bicyclic) bond motifs is 1. The first-order chi connectivity index (χ1) is 14.2. The van der Waals surface area contributed by atoms with Gasteiger partial charge in [-0.25, -0.2) is 9.66 Å². The summed E-state index contributed by atoms with van der Waals surface area (Å²) in [6, 6.07) is 22.5. The zero-order valence-corrected chi connectivity index (χ0v) is 16.3. The molecule has 0 aliphatic rings. The Bertz CT molecular complexity index is 1200. The van der Waals surface area contributed by atoms with Gasteiger partial charge in [0.25, 0.3) is 5.56 Å². The predicted molar refractivity (Wildman–Crippen MR) is 114 cm³/mol. The topological polar surface area (TPSA) is 65.4 Å². The van der Waals surface area contributed by atoms with Crippen molar-refractivity contribution in [3.63, 3.8) is 0 Å². The molecule has 6 nitrogen and oxygen atoms in total. The molecule has 0 saturated heterocycles. The van der Waals surface area contributed by atoms with Crippen molar-refractivity contribution in [3.05, 3.63) is 88.7 Å². The van der Waals surface area contributed by atoms with Gasteiger partial charge in [0.05, 0.1) is 31.7 Å². The van der Waals surface area contributed by atoms with Crippen LogP contribution < -0.4 is 20.5 Å². The largest absolute Gasteiger partial charge is 0.497 e. The summed E-state index contributed by atoms with van der Waals surface area (Å²) in [6.07, 6.45) is 0. The predicted octanol–water partition coefficient (Wildman–Crippen LogP) is 3.82. The van der Waals surface area contributed by atoms with Crippen LogP contribution in [0.4, 0.5) is 0 Å². The number of benzene rings is 3. The van der Waals surface area contributed by atoms with Crippen molar-refractivity contribution in [1.82, 2.24) is 9.66 Å². The van der Waals surface area contributed by atoms with Gasteiger partial charge in [0.1, 0.15) is 11.5 Å². The van der Waals surface area contributed by atoms with Crippen LogP contribution in [0.25, 0.3) is 22.3 Å². The zero-order chi connectivity index (χ0) is 20.2. The molecule has 0 atom stereocenters. The zero-order valence-electron chi connectivity index (χ0n) is 16.3. The molecule has 1 N–H and O–H groups in total. The number of rotatable bonds is 6. The maximum absolute atomic E-state index is 13.2. The lowest BCUT2D eigenvalue weighted by atomic mass is 10.2. The summed E-state index contributed by atoms with van der Waals surface area (Å²) in [4.78, 5) is 17.9. The summed E-state index contributed by atoms with van der Waals surface area (Å²) in [5.74, 6) is 2.05. The average molecular weight is 387 g/mol. The van der Waals surface area contributed by atoms with Crippen molar-refractivity contribution in [2.24, 2.45) is 0 Å². The van der Waals surface area contributed by atoms with Crippen LogP contribution in [0.2, 0.25) is 0 Å². The summed E-state index contributed by atoms with van der Waals surface area (Å²) in [6.45, 7) is 0.445. The standard InChI is InChI=1S/C23H21N3O3/c1-28-18-12-10-17(11-13-18)22-25-21-9-4-3-8-20(21)23(27)26(22)24-15-16-6-5-7-19(14-16)29-2/h3-14,24H,15H2,1-2H3. The van der Waals surface area contributed by atoms with E-state index < -0.39 is 0 Å². The molecule has 0 radical (unpaired) electrons. The summed E-state index contributed by atoms with van der Waals surface area (Å²) >= 11 is 0. The third-order valence-electron chi connectivity index (χ3n) is 4.70. The number of aromatic nitrogens is 2. The van der Waals surface area contributed by atoms with Crippen molar-refractivity contribution >= 4 is 10.9 Å². The van der Waals surface area contributed by atoms with Gasteiger partial charge in [0, 0.05) is 5.56 Å². The third kappa shape index (κ3) is 3.78. The molecule has 29 heavy (non-hydrogen) atoms. The van der Waals surface area contributed by atoms with Gasteiger partial charge in [-0.3, -0.25) is 4.79 Å². The lowest BCUT2D eigenvalue weighted by Gasteiger charge is -2.16. The van der Waals surface area contributed by atoms with E-state index in [0.29, 0.717) is 23.3 Å². The lowest BCUT2D eigenvalue weighted by molar-refractivity contribution is 0.414. The molecule has 0 spiro atoms. The Hall–Kier alpha value is -3.80. The minimum atomic E-state index is -0.149. The van der Waals surface area contributed by atoms with Crippen LogP contribution >= 0.6 is 0 Å². The Morgan fingerprint density at radius 1 is 0.897 bits per heavy atom. The van der Waals surface area contributed by atoms with E-state index in [9.17, 15) is 4.79 Å². The fraction of sp³-hybridized carbons (Fsp3) is 0.130. The maximum atomic E-state index is 13.2. The minimum Gasteiger partial charge on any atom is -0.497 e. The molecule has 0 fully saturated rings. The number of nitrogens with zero attached hydrogens (tertiary/aromatic N) is 2. The highest BCUT2D eigenvalue weighted by molar-refractivity contribution is 5.79. The van der Waals surface area contributed by atoms with Crippen molar-refractivity contribution in [3.8, 4) is 22.9 Å². The molecule has 3 aromatic carbocycles. The van der Waals surface area contributed by atoms with Crippen LogP contribution in [0, 0.1) is 0 Å². The highest BCUT2D eigenvalue weighted by Crippen LogP contribution is 2.21.